The molecule has 0 spiro atoms. The molecule has 2 aromatic heterocycles. The van der Waals surface area contributed by atoms with E-state index in [1.165, 1.54) is 0 Å². The number of benzene rings is 1. The first-order valence-electron chi connectivity index (χ1n) is 11.0. The zero-order chi connectivity index (χ0) is 22.8. The van der Waals surface area contributed by atoms with E-state index in [2.05, 4.69) is 15.5 Å². The number of carbonyl (C=O) groups excluding carboxylic acids is 1. The Morgan fingerprint density at radius 3 is 2.75 bits per heavy atom. The Hall–Kier alpha value is -3.49. The third kappa shape index (κ3) is 4.15. The third-order valence-electron chi connectivity index (χ3n) is 5.79. The van der Waals surface area contributed by atoms with Gasteiger partial charge in [-0.2, -0.15) is 4.98 Å². The number of aromatic nitrogens is 4. The molecule has 1 aromatic carbocycles. The van der Waals surface area contributed by atoms with Crippen molar-refractivity contribution in [2.24, 2.45) is 0 Å². The standard InChI is InChI=1S/C23H27N5O4/c1-4-19-25-21(26-32-19)20-17-8-6-5-7-11-27(17)23(31)28(22(20)30)13-18(29)24-16-12-14(2)9-10-15(16)3/h9-10,12H,4-8,11,13H2,1-3H3,(H,24,29). The molecule has 1 amide bonds. The molecule has 32 heavy (non-hydrogen) atoms. The van der Waals surface area contributed by atoms with Gasteiger partial charge in [0.1, 0.15) is 12.1 Å². The number of fused-ring (bicyclic) bond motifs is 1. The molecule has 3 heterocycles. The van der Waals surface area contributed by atoms with Gasteiger partial charge < -0.3 is 9.84 Å². The molecule has 1 aliphatic rings. The maximum Gasteiger partial charge on any atom is 0.331 e. The molecule has 0 bridgehead atoms. The van der Waals surface area contributed by atoms with Crippen LogP contribution in [0.1, 0.15) is 48.9 Å². The van der Waals surface area contributed by atoms with Crippen molar-refractivity contribution in [3.8, 4) is 11.4 Å². The smallest absolute Gasteiger partial charge is 0.331 e. The van der Waals surface area contributed by atoms with Crippen LogP contribution in [0.4, 0.5) is 5.69 Å². The molecule has 4 rings (SSSR count). The number of aryl methyl sites for hydroxylation is 3. The molecular formula is C23H27N5O4. The van der Waals surface area contributed by atoms with Gasteiger partial charge in [-0.15, -0.1) is 0 Å². The Morgan fingerprint density at radius 2 is 2.00 bits per heavy atom. The molecule has 0 radical (unpaired) electrons. The normalized spacial score (nSPS) is 13.5. The van der Waals surface area contributed by atoms with Gasteiger partial charge in [-0.1, -0.05) is 30.6 Å². The zero-order valence-corrected chi connectivity index (χ0v) is 18.6. The molecule has 3 aromatic rings. The lowest BCUT2D eigenvalue weighted by atomic mass is 10.1. The van der Waals surface area contributed by atoms with Crippen LogP contribution in [0.2, 0.25) is 0 Å². The third-order valence-corrected chi connectivity index (χ3v) is 5.79. The summed E-state index contributed by atoms with van der Waals surface area (Å²) >= 11 is 0. The van der Waals surface area contributed by atoms with E-state index in [0.29, 0.717) is 36.7 Å². The number of rotatable bonds is 5. The number of hydrogen-bond acceptors (Lipinski definition) is 6. The lowest BCUT2D eigenvalue weighted by Crippen LogP contribution is -2.44. The van der Waals surface area contributed by atoms with Crippen LogP contribution in [0.3, 0.4) is 0 Å². The number of anilines is 1. The molecule has 1 aliphatic heterocycles. The molecule has 0 atom stereocenters. The predicted molar refractivity (Wildman–Crippen MR) is 120 cm³/mol. The molecule has 1 N–H and O–H groups in total. The van der Waals surface area contributed by atoms with Crippen molar-refractivity contribution in [3.05, 3.63) is 61.7 Å². The van der Waals surface area contributed by atoms with E-state index in [0.717, 1.165) is 35.0 Å². The lowest BCUT2D eigenvalue weighted by Gasteiger charge is -2.16. The second kappa shape index (κ2) is 8.94. The Balaban J connectivity index is 1.78. The first kappa shape index (κ1) is 21.7. The molecule has 0 saturated carbocycles. The van der Waals surface area contributed by atoms with Gasteiger partial charge in [0.25, 0.3) is 5.56 Å². The van der Waals surface area contributed by atoms with Gasteiger partial charge in [-0.25, -0.2) is 4.79 Å². The Morgan fingerprint density at radius 1 is 1.19 bits per heavy atom. The van der Waals surface area contributed by atoms with Crippen molar-refractivity contribution in [1.82, 2.24) is 19.3 Å². The summed E-state index contributed by atoms with van der Waals surface area (Å²) in [5, 5.41) is 6.80. The SMILES string of the molecule is CCc1nc(-c2c3n(c(=O)n(CC(=O)Nc4cc(C)ccc4C)c2=O)CCCCC3)no1. The average Bonchev–Trinajstić information content (AvgIpc) is 3.10. The van der Waals surface area contributed by atoms with Crippen LogP contribution in [-0.2, 0) is 30.7 Å². The summed E-state index contributed by atoms with van der Waals surface area (Å²) in [4.78, 5) is 43.8. The fourth-order valence-electron chi connectivity index (χ4n) is 4.04. The van der Waals surface area contributed by atoms with E-state index in [9.17, 15) is 14.4 Å². The first-order valence-corrected chi connectivity index (χ1v) is 11.0. The summed E-state index contributed by atoms with van der Waals surface area (Å²) in [6.45, 7) is 5.79. The van der Waals surface area contributed by atoms with Gasteiger partial charge in [0.2, 0.25) is 17.6 Å². The summed E-state index contributed by atoms with van der Waals surface area (Å²) in [6, 6.07) is 5.72. The summed E-state index contributed by atoms with van der Waals surface area (Å²) in [5.74, 6) is 0.138. The van der Waals surface area contributed by atoms with Crippen LogP contribution in [0.25, 0.3) is 11.4 Å². The quantitative estimate of drug-likeness (QED) is 0.657. The fraction of sp³-hybridized carbons (Fsp3) is 0.435. The Labute approximate surface area is 185 Å². The minimum absolute atomic E-state index is 0.168. The van der Waals surface area contributed by atoms with E-state index >= 15 is 0 Å². The van der Waals surface area contributed by atoms with Crippen LogP contribution in [0.5, 0.6) is 0 Å². The van der Waals surface area contributed by atoms with E-state index in [-0.39, 0.29) is 11.4 Å². The van der Waals surface area contributed by atoms with Crippen molar-refractivity contribution in [2.45, 2.75) is 66.0 Å². The minimum atomic E-state index is -0.567. The highest BCUT2D eigenvalue weighted by Crippen LogP contribution is 2.22. The van der Waals surface area contributed by atoms with Gasteiger partial charge in [-0.3, -0.25) is 18.7 Å². The van der Waals surface area contributed by atoms with Crippen LogP contribution < -0.4 is 16.6 Å². The second-order valence-electron chi connectivity index (χ2n) is 8.19. The largest absolute Gasteiger partial charge is 0.339 e. The molecular weight excluding hydrogens is 410 g/mol. The highest BCUT2D eigenvalue weighted by atomic mass is 16.5. The van der Waals surface area contributed by atoms with Gasteiger partial charge in [0.15, 0.2) is 0 Å². The first-order chi connectivity index (χ1) is 15.4. The van der Waals surface area contributed by atoms with Crippen molar-refractivity contribution in [1.29, 1.82) is 0 Å². The van der Waals surface area contributed by atoms with Crippen molar-refractivity contribution < 1.29 is 9.32 Å². The van der Waals surface area contributed by atoms with E-state index in [4.69, 9.17) is 4.52 Å². The highest BCUT2D eigenvalue weighted by molar-refractivity contribution is 5.91. The topological polar surface area (TPSA) is 112 Å². The van der Waals surface area contributed by atoms with Gasteiger partial charge in [0, 0.05) is 24.3 Å². The number of carbonyl (C=O) groups is 1. The van der Waals surface area contributed by atoms with Gasteiger partial charge in [-0.05, 0) is 50.3 Å². The zero-order valence-electron chi connectivity index (χ0n) is 18.6. The average molecular weight is 438 g/mol. The number of nitrogens with zero attached hydrogens (tertiary/aromatic N) is 4. The molecule has 0 unspecified atom stereocenters. The molecule has 0 aliphatic carbocycles. The number of nitrogens with one attached hydrogen (secondary N) is 1. The number of hydrogen-bond donors (Lipinski definition) is 1. The van der Waals surface area contributed by atoms with E-state index in [1.54, 1.807) is 4.57 Å². The van der Waals surface area contributed by atoms with Crippen molar-refractivity contribution in [3.63, 3.8) is 0 Å². The Bertz CT molecular complexity index is 1280. The fourth-order valence-corrected chi connectivity index (χ4v) is 4.04. The van der Waals surface area contributed by atoms with Gasteiger partial charge >= 0.3 is 5.69 Å². The lowest BCUT2D eigenvalue weighted by molar-refractivity contribution is -0.116. The van der Waals surface area contributed by atoms with Crippen LogP contribution >= 0.6 is 0 Å². The van der Waals surface area contributed by atoms with Crippen LogP contribution in [0.15, 0.2) is 32.3 Å². The number of amides is 1. The van der Waals surface area contributed by atoms with Crippen molar-refractivity contribution >= 4 is 11.6 Å². The summed E-state index contributed by atoms with van der Waals surface area (Å²) in [7, 11) is 0. The van der Waals surface area contributed by atoms with Crippen LogP contribution in [-0.4, -0.2) is 25.2 Å². The molecule has 0 saturated heterocycles. The maximum atomic E-state index is 13.4. The Kier molecular flexibility index (Phi) is 6.07. The predicted octanol–water partition coefficient (Wildman–Crippen LogP) is 2.60. The minimum Gasteiger partial charge on any atom is -0.339 e. The summed E-state index contributed by atoms with van der Waals surface area (Å²) < 4.78 is 7.80. The summed E-state index contributed by atoms with van der Waals surface area (Å²) in [6.07, 6.45) is 3.75. The molecule has 9 heteroatoms. The maximum absolute atomic E-state index is 13.4. The van der Waals surface area contributed by atoms with E-state index in [1.807, 2.05) is 39.0 Å². The van der Waals surface area contributed by atoms with Gasteiger partial charge in [0.05, 0.1) is 0 Å². The van der Waals surface area contributed by atoms with E-state index < -0.39 is 23.7 Å². The molecule has 168 valence electrons. The van der Waals surface area contributed by atoms with Crippen LogP contribution in [0, 0.1) is 13.8 Å². The molecule has 0 fully saturated rings. The highest BCUT2D eigenvalue weighted by Gasteiger charge is 2.25. The summed E-state index contributed by atoms with van der Waals surface area (Å²) in [5.41, 5.74) is 2.37. The molecule has 9 nitrogen and oxygen atoms in total. The monoisotopic (exact) mass is 437 g/mol. The van der Waals surface area contributed by atoms with Crippen molar-refractivity contribution in [2.75, 3.05) is 5.32 Å². The second-order valence-corrected chi connectivity index (χ2v) is 8.19.